The Balaban J connectivity index is 2.77. The second-order valence-electron chi connectivity index (χ2n) is 3.75. The largest absolute Gasteiger partial charge is 0.477 e. The molecule has 0 saturated carbocycles. The zero-order chi connectivity index (χ0) is 13.1. The summed E-state index contributed by atoms with van der Waals surface area (Å²) >= 11 is 0. The number of nitrogens with zero attached hydrogens (tertiary/aromatic N) is 1. The number of hydrogen-bond donors (Lipinski definition) is 1. The van der Waals surface area contributed by atoms with Crippen LogP contribution in [0.25, 0.3) is 0 Å². The molecular weight excluding hydrogens is 246 g/mol. The summed E-state index contributed by atoms with van der Waals surface area (Å²) in [4.78, 5) is 21.9. The fourth-order valence-electron chi connectivity index (χ4n) is 1.33. The Morgan fingerprint density at radius 2 is 2.12 bits per heavy atom. The lowest BCUT2D eigenvalue weighted by molar-refractivity contribution is 0.0694. The van der Waals surface area contributed by atoms with Crippen molar-refractivity contribution in [1.82, 2.24) is 4.57 Å². The molecule has 0 amide bonds. The van der Waals surface area contributed by atoms with Gasteiger partial charge in [0.1, 0.15) is 15.4 Å². The van der Waals surface area contributed by atoms with Crippen molar-refractivity contribution in [2.75, 3.05) is 12.0 Å². The highest BCUT2D eigenvalue weighted by atomic mass is 32.2. The van der Waals surface area contributed by atoms with Gasteiger partial charge in [0, 0.05) is 31.3 Å². The monoisotopic (exact) mass is 259 g/mol. The van der Waals surface area contributed by atoms with Crippen molar-refractivity contribution < 1.29 is 18.3 Å². The van der Waals surface area contributed by atoms with E-state index >= 15 is 0 Å². The summed E-state index contributed by atoms with van der Waals surface area (Å²) in [5.74, 6) is -1.26. The first-order valence-corrected chi connectivity index (χ1v) is 6.97. The lowest BCUT2D eigenvalue weighted by atomic mass is 10.2. The second kappa shape index (κ2) is 5.13. The van der Waals surface area contributed by atoms with Crippen molar-refractivity contribution in [3.63, 3.8) is 0 Å². The van der Waals surface area contributed by atoms with Gasteiger partial charge in [0.2, 0.25) is 0 Å². The SMILES string of the molecule is CS(=O)(=O)CCCn1ccc(=O)c(C(=O)O)c1. The van der Waals surface area contributed by atoms with Crippen LogP contribution >= 0.6 is 0 Å². The summed E-state index contributed by atoms with van der Waals surface area (Å²) < 4.78 is 23.3. The number of aromatic nitrogens is 1. The highest BCUT2D eigenvalue weighted by molar-refractivity contribution is 7.90. The Hall–Kier alpha value is -1.63. The molecule has 7 heteroatoms. The number of rotatable bonds is 5. The van der Waals surface area contributed by atoms with Crippen molar-refractivity contribution in [1.29, 1.82) is 0 Å². The Kier molecular flexibility index (Phi) is 4.06. The van der Waals surface area contributed by atoms with Crippen LogP contribution in [0.3, 0.4) is 0 Å². The number of carboxylic acids is 1. The van der Waals surface area contributed by atoms with Gasteiger partial charge in [-0.15, -0.1) is 0 Å². The van der Waals surface area contributed by atoms with Gasteiger partial charge in [-0.25, -0.2) is 13.2 Å². The molecule has 0 fully saturated rings. The molecule has 0 unspecified atom stereocenters. The standard InChI is InChI=1S/C10H13NO5S/c1-17(15,16)6-2-4-11-5-3-9(12)8(7-11)10(13)14/h3,5,7H,2,4,6H2,1H3,(H,13,14). The van der Waals surface area contributed by atoms with Crippen LogP contribution in [0.4, 0.5) is 0 Å². The lowest BCUT2D eigenvalue weighted by Crippen LogP contribution is -2.17. The predicted octanol–water partition coefficient (Wildman–Crippen LogP) is -0.0188. The number of aryl methyl sites for hydroxylation is 1. The van der Waals surface area contributed by atoms with E-state index in [1.807, 2.05) is 0 Å². The number of hydrogen-bond acceptors (Lipinski definition) is 4. The second-order valence-corrected chi connectivity index (χ2v) is 6.01. The molecule has 0 radical (unpaired) electrons. The van der Waals surface area contributed by atoms with E-state index in [0.29, 0.717) is 13.0 Å². The first-order valence-electron chi connectivity index (χ1n) is 4.91. The summed E-state index contributed by atoms with van der Waals surface area (Å²) in [7, 11) is -3.02. The van der Waals surface area contributed by atoms with Crippen LogP contribution in [0.1, 0.15) is 16.8 Å². The number of carboxylic acid groups (broad SMARTS) is 1. The van der Waals surface area contributed by atoms with Crippen molar-refractivity contribution in [3.05, 3.63) is 34.2 Å². The van der Waals surface area contributed by atoms with Gasteiger partial charge in [0.15, 0.2) is 5.43 Å². The summed E-state index contributed by atoms with van der Waals surface area (Å²) in [5.41, 5.74) is -0.872. The van der Waals surface area contributed by atoms with Gasteiger partial charge in [-0.2, -0.15) is 0 Å². The predicted molar refractivity (Wildman–Crippen MR) is 62.0 cm³/mol. The van der Waals surface area contributed by atoms with Crippen molar-refractivity contribution in [3.8, 4) is 0 Å². The third-order valence-electron chi connectivity index (χ3n) is 2.14. The molecule has 1 heterocycles. The zero-order valence-electron chi connectivity index (χ0n) is 9.29. The molecule has 0 saturated heterocycles. The molecule has 17 heavy (non-hydrogen) atoms. The van der Waals surface area contributed by atoms with Crippen LogP contribution in [0.15, 0.2) is 23.3 Å². The molecule has 0 atom stereocenters. The summed E-state index contributed by atoms with van der Waals surface area (Å²) in [6.45, 7) is 0.355. The maximum absolute atomic E-state index is 11.2. The van der Waals surface area contributed by atoms with E-state index in [2.05, 4.69) is 0 Å². The molecule has 1 aromatic heterocycles. The highest BCUT2D eigenvalue weighted by Gasteiger charge is 2.08. The van der Waals surface area contributed by atoms with E-state index in [0.717, 1.165) is 12.3 Å². The van der Waals surface area contributed by atoms with Crippen LogP contribution in [-0.4, -0.2) is 36.1 Å². The molecule has 0 spiro atoms. The number of sulfone groups is 1. The first kappa shape index (κ1) is 13.4. The van der Waals surface area contributed by atoms with Crippen molar-refractivity contribution in [2.45, 2.75) is 13.0 Å². The molecule has 0 aliphatic rings. The molecule has 0 aromatic carbocycles. The zero-order valence-corrected chi connectivity index (χ0v) is 10.1. The van der Waals surface area contributed by atoms with E-state index in [9.17, 15) is 18.0 Å². The van der Waals surface area contributed by atoms with Crippen LogP contribution in [0.5, 0.6) is 0 Å². The van der Waals surface area contributed by atoms with Gasteiger partial charge in [0.25, 0.3) is 0 Å². The van der Waals surface area contributed by atoms with Crippen LogP contribution in [0.2, 0.25) is 0 Å². The molecule has 0 bridgehead atoms. The summed E-state index contributed by atoms with van der Waals surface area (Å²) in [6, 6.07) is 1.16. The fourth-order valence-corrected chi connectivity index (χ4v) is 1.99. The van der Waals surface area contributed by atoms with Gasteiger partial charge in [-0.1, -0.05) is 0 Å². The Labute approximate surface area is 98.4 Å². The average molecular weight is 259 g/mol. The number of aromatic carboxylic acids is 1. The smallest absolute Gasteiger partial charge is 0.341 e. The van der Waals surface area contributed by atoms with E-state index in [1.165, 1.54) is 17.0 Å². The van der Waals surface area contributed by atoms with Gasteiger partial charge in [-0.3, -0.25) is 4.79 Å². The minimum absolute atomic E-state index is 0.0293. The normalized spacial score (nSPS) is 11.4. The van der Waals surface area contributed by atoms with E-state index in [-0.39, 0.29) is 11.3 Å². The molecule has 94 valence electrons. The van der Waals surface area contributed by atoms with Crippen molar-refractivity contribution >= 4 is 15.8 Å². The molecule has 1 N–H and O–H groups in total. The highest BCUT2D eigenvalue weighted by Crippen LogP contribution is 1.97. The quantitative estimate of drug-likeness (QED) is 0.802. The maximum Gasteiger partial charge on any atom is 0.341 e. The molecular formula is C10H13NO5S. The molecule has 0 aliphatic carbocycles. The summed E-state index contributed by atoms with van der Waals surface area (Å²) in [5, 5.41) is 8.74. The van der Waals surface area contributed by atoms with Crippen LogP contribution in [0, 0.1) is 0 Å². The number of pyridine rings is 1. The van der Waals surface area contributed by atoms with E-state index in [4.69, 9.17) is 5.11 Å². The molecule has 1 rings (SSSR count). The Bertz CT molecular complexity index is 573. The Morgan fingerprint density at radius 3 is 2.65 bits per heavy atom. The van der Waals surface area contributed by atoms with Gasteiger partial charge in [-0.05, 0) is 6.42 Å². The minimum atomic E-state index is -3.02. The Morgan fingerprint density at radius 1 is 1.47 bits per heavy atom. The molecule has 6 nitrogen and oxygen atoms in total. The van der Waals surface area contributed by atoms with Gasteiger partial charge >= 0.3 is 5.97 Å². The fraction of sp³-hybridized carbons (Fsp3) is 0.400. The van der Waals surface area contributed by atoms with E-state index < -0.39 is 21.2 Å². The lowest BCUT2D eigenvalue weighted by Gasteiger charge is -2.06. The number of carbonyl (C=O) groups is 1. The average Bonchev–Trinajstić information content (AvgIpc) is 2.18. The van der Waals surface area contributed by atoms with Crippen LogP contribution in [-0.2, 0) is 16.4 Å². The maximum atomic E-state index is 11.2. The molecule has 0 aliphatic heterocycles. The van der Waals surface area contributed by atoms with Gasteiger partial charge in [0.05, 0.1) is 5.75 Å². The topological polar surface area (TPSA) is 93.4 Å². The van der Waals surface area contributed by atoms with Gasteiger partial charge < -0.3 is 9.67 Å². The van der Waals surface area contributed by atoms with E-state index in [1.54, 1.807) is 0 Å². The minimum Gasteiger partial charge on any atom is -0.477 e. The summed E-state index contributed by atoms with van der Waals surface area (Å²) in [6.07, 6.45) is 4.17. The molecule has 1 aromatic rings. The van der Waals surface area contributed by atoms with Crippen LogP contribution < -0.4 is 5.43 Å². The first-order chi connectivity index (χ1) is 7.79. The third-order valence-corrected chi connectivity index (χ3v) is 3.17. The third kappa shape index (κ3) is 4.39. The van der Waals surface area contributed by atoms with Crippen molar-refractivity contribution in [2.24, 2.45) is 0 Å².